The summed E-state index contributed by atoms with van der Waals surface area (Å²) in [6.45, 7) is 1.16. The van der Waals surface area contributed by atoms with Crippen LogP contribution in [0.3, 0.4) is 0 Å². The van der Waals surface area contributed by atoms with Gasteiger partial charge in [0, 0.05) is 30.2 Å². The fourth-order valence-corrected chi connectivity index (χ4v) is 3.25. The van der Waals surface area contributed by atoms with Crippen molar-refractivity contribution in [2.75, 3.05) is 36.5 Å². The van der Waals surface area contributed by atoms with E-state index < -0.39 is 18.5 Å². The van der Waals surface area contributed by atoms with Crippen molar-refractivity contribution in [1.29, 1.82) is 10.7 Å². The minimum atomic E-state index is -0.827. The molecule has 2 aromatic rings. The van der Waals surface area contributed by atoms with Crippen LogP contribution in [0.5, 0.6) is 0 Å². The summed E-state index contributed by atoms with van der Waals surface area (Å²) in [6, 6.07) is 10.2. The molecule has 0 amide bonds. The summed E-state index contributed by atoms with van der Waals surface area (Å²) in [4.78, 5) is 17.6. The highest BCUT2D eigenvalue weighted by Gasteiger charge is 2.12. The van der Waals surface area contributed by atoms with E-state index in [2.05, 4.69) is 26.9 Å². The van der Waals surface area contributed by atoms with Gasteiger partial charge in [-0.3, -0.25) is 5.41 Å². The standard InChI is InChI=1S/C18H21FN6O3S/c19-17-7-13(23-9-14(11-26)28-24-27)1-4-18(17)25(12-21)6-5-22-10-16-3-2-15(8-20)29-16/h1-4,7,12,14,21-23,26H,5-6,9-11H2. The van der Waals surface area contributed by atoms with Gasteiger partial charge >= 0.3 is 0 Å². The third-order valence-corrected chi connectivity index (χ3v) is 4.93. The second-order valence-electron chi connectivity index (χ2n) is 5.91. The van der Waals surface area contributed by atoms with Crippen LogP contribution in [0.2, 0.25) is 0 Å². The van der Waals surface area contributed by atoms with Crippen molar-refractivity contribution in [3.05, 3.63) is 50.8 Å². The predicted octanol–water partition coefficient (Wildman–Crippen LogP) is 2.43. The molecule has 2 rings (SSSR count). The first kappa shape index (κ1) is 22.2. The number of thiophene rings is 1. The molecule has 1 aromatic heterocycles. The smallest absolute Gasteiger partial charge is 0.170 e. The van der Waals surface area contributed by atoms with E-state index in [0.717, 1.165) is 11.2 Å². The van der Waals surface area contributed by atoms with Crippen LogP contribution < -0.4 is 15.5 Å². The number of nitrogens with one attached hydrogen (secondary N) is 3. The van der Waals surface area contributed by atoms with E-state index >= 15 is 0 Å². The Bertz CT molecular complexity index is 856. The number of nitriles is 1. The van der Waals surface area contributed by atoms with Crippen LogP contribution in [0.25, 0.3) is 0 Å². The first-order valence-corrected chi connectivity index (χ1v) is 9.52. The maximum Gasteiger partial charge on any atom is 0.170 e. The van der Waals surface area contributed by atoms with Crippen LogP contribution in [0.1, 0.15) is 9.75 Å². The van der Waals surface area contributed by atoms with Gasteiger partial charge in [-0.2, -0.15) is 5.26 Å². The first-order valence-electron chi connectivity index (χ1n) is 8.70. The summed E-state index contributed by atoms with van der Waals surface area (Å²) in [5, 5.41) is 33.8. The molecule has 4 N–H and O–H groups in total. The lowest BCUT2D eigenvalue weighted by Crippen LogP contribution is -2.31. The molecule has 1 heterocycles. The number of benzene rings is 1. The number of hydrogen-bond acceptors (Lipinski definition) is 9. The van der Waals surface area contributed by atoms with Crippen molar-refractivity contribution >= 4 is 29.1 Å². The van der Waals surface area contributed by atoms with Gasteiger partial charge in [-0.15, -0.1) is 16.2 Å². The maximum atomic E-state index is 14.5. The molecule has 0 aliphatic rings. The molecule has 0 saturated heterocycles. The van der Waals surface area contributed by atoms with Gasteiger partial charge in [0.05, 0.1) is 25.2 Å². The number of aliphatic hydroxyl groups is 1. The molecular formula is C18H21FN6O3S. The molecule has 9 nitrogen and oxygen atoms in total. The monoisotopic (exact) mass is 420 g/mol. The van der Waals surface area contributed by atoms with Gasteiger partial charge < -0.3 is 25.5 Å². The van der Waals surface area contributed by atoms with E-state index in [0.29, 0.717) is 30.2 Å². The van der Waals surface area contributed by atoms with E-state index in [1.165, 1.54) is 28.4 Å². The van der Waals surface area contributed by atoms with Crippen molar-refractivity contribution in [2.24, 2.45) is 5.34 Å². The summed E-state index contributed by atoms with van der Waals surface area (Å²) < 4.78 is 14.5. The fourth-order valence-electron chi connectivity index (χ4n) is 2.48. The zero-order valence-corrected chi connectivity index (χ0v) is 16.3. The molecule has 1 atom stereocenters. The van der Waals surface area contributed by atoms with Crippen molar-refractivity contribution in [3.8, 4) is 6.07 Å². The summed E-state index contributed by atoms with van der Waals surface area (Å²) in [5.74, 6) is -0.523. The largest absolute Gasteiger partial charge is 0.392 e. The molecule has 1 unspecified atom stereocenters. The summed E-state index contributed by atoms with van der Waals surface area (Å²) in [6.07, 6.45) is 0.226. The van der Waals surface area contributed by atoms with E-state index in [1.54, 1.807) is 12.1 Å². The molecule has 0 saturated carbocycles. The van der Waals surface area contributed by atoms with Crippen molar-refractivity contribution < 1.29 is 14.3 Å². The summed E-state index contributed by atoms with van der Waals surface area (Å²) in [7, 11) is 0. The van der Waals surface area contributed by atoms with Crippen molar-refractivity contribution in [2.45, 2.75) is 12.6 Å². The second-order valence-corrected chi connectivity index (χ2v) is 7.08. The Balaban J connectivity index is 1.87. The zero-order valence-electron chi connectivity index (χ0n) is 15.5. The van der Waals surface area contributed by atoms with Gasteiger partial charge in [0.1, 0.15) is 16.8 Å². The topological polar surface area (TPSA) is 134 Å². The highest BCUT2D eigenvalue weighted by molar-refractivity contribution is 7.12. The van der Waals surface area contributed by atoms with E-state index in [-0.39, 0.29) is 12.2 Å². The fraction of sp³-hybridized carbons (Fsp3) is 0.333. The highest BCUT2D eigenvalue weighted by Crippen LogP contribution is 2.22. The van der Waals surface area contributed by atoms with Crippen LogP contribution >= 0.6 is 11.3 Å². The van der Waals surface area contributed by atoms with Gasteiger partial charge in [0.15, 0.2) is 11.4 Å². The van der Waals surface area contributed by atoms with Crippen LogP contribution in [0.4, 0.5) is 15.8 Å². The van der Waals surface area contributed by atoms with Gasteiger partial charge in [0.25, 0.3) is 0 Å². The van der Waals surface area contributed by atoms with Gasteiger partial charge in [-0.25, -0.2) is 4.39 Å². The van der Waals surface area contributed by atoms with E-state index in [1.807, 2.05) is 6.07 Å². The molecule has 154 valence electrons. The average molecular weight is 420 g/mol. The predicted molar refractivity (Wildman–Crippen MR) is 110 cm³/mol. The molecule has 11 heteroatoms. The molecule has 0 fully saturated rings. The maximum absolute atomic E-state index is 14.5. The molecule has 1 aromatic carbocycles. The van der Waals surface area contributed by atoms with E-state index in [9.17, 15) is 9.30 Å². The van der Waals surface area contributed by atoms with Gasteiger partial charge in [-0.05, 0) is 30.3 Å². The number of halogens is 1. The molecule has 0 aliphatic carbocycles. The number of hydrogen-bond donors (Lipinski definition) is 4. The number of nitrogens with zero attached hydrogens (tertiary/aromatic N) is 3. The minimum Gasteiger partial charge on any atom is -0.392 e. The third kappa shape index (κ3) is 6.79. The lowest BCUT2D eigenvalue weighted by atomic mass is 10.2. The van der Waals surface area contributed by atoms with Crippen molar-refractivity contribution in [1.82, 2.24) is 5.32 Å². The second kappa shape index (κ2) is 11.7. The Morgan fingerprint density at radius 2 is 2.28 bits per heavy atom. The third-order valence-electron chi connectivity index (χ3n) is 3.94. The van der Waals surface area contributed by atoms with Crippen LogP contribution in [0, 0.1) is 27.5 Å². The van der Waals surface area contributed by atoms with Crippen LogP contribution in [0.15, 0.2) is 35.7 Å². The summed E-state index contributed by atoms with van der Waals surface area (Å²) >= 11 is 1.41. The zero-order chi connectivity index (χ0) is 21.1. The van der Waals surface area contributed by atoms with Crippen LogP contribution in [-0.4, -0.2) is 43.8 Å². The quantitative estimate of drug-likeness (QED) is 0.129. The summed E-state index contributed by atoms with van der Waals surface area (Å²) in [5.41, 5.74) is 0.688. The Morgan fingerprint density at radius 3 is 2.90 bits per heavy atom. The van der Waals surface area contributed by atoms with Crippen molar-refractivity contribution in [3.63, 3.8) is 0 Å². The lowest BCUT2D eigenvalue weighted by Gasteiger charge is -2.21. The Morgan fingerprint density at radius 1 is 1.45 bits per heavy atom. The van der Waals surface area contributed by atoms with Crippen LogP contribution in [-0.2, 0) is 11.4 Å². The lowest BCUT2D eigenvalue weighted by molar-refractivity contribution is 0.0223. The number of anilines is 2. The minimum absolute atomic E-state index is 0.0788. The number of rotatable bonds is 13. The molecule has 0 radical (unpaired) electrons. The Labute approximate surface area is 171 Å². The molecular weight excluding hydrogens is 399 g/mol. The normalized spacial score (nSPS) is 11.3. The Kier molecular flexibility index (Phi) is 8.97. The molecule has 0 spiro atoms. The first-order chi connectivity index (χ1) is 14.1. The average Bonchev–Trinajstić information content (AvgIpc) is 3.20. The number of aliphatic hydroxyl groups excluding tert-OH is 1. The molecule has 29 heavy (non-hydrogen) atoms. The van der Waals surface area contributed by atoms with Gasteiger partial charge in [0.2, 0.25) is 0 Å². The molecule has 0 aliphatic heterocycles. The highest BCUT2D eigenvalue weighted by atomic mass is 32.1. The SMILES string of the molecule is N#Cc1ccc(CNCCN(C=N)c2ccc(NCC(CO)ON=O)cc2F)s1. The molecule has 0 bridgehead atoms. The van der Waals surface area contributed by atoms with E-state index in [4.69, 9.17) is 15.8 Å². The van der Waals surface area contributed by atoms with Gasteiger partial charge in [-0.1, -0.05) is 0 Å². The Hall–Kier alpha value is -3.07.